The van der Waals surface area contributed by atoms with E-state index in [0.29, 0.717) is 5.41 Å². The van der Waals surface area contributed by atoms with Crippen LogP contribution in [0.25, 0.3) is 0 Å². The lowest BCUT2D eigenvalue weighted by atomic mass is 9.72. The van der Waals surface area contributed by atoms with Crippen molar-refractivity contribution in [2.75, 3.05) is 0 Å². The first-order chi connectivity index (χ1) is 11.1. The molecule has 0 rings (SSSR count). The van der Waals surface area contributed by atoms with Crippen LogP contribution in [0.3, 0.4) is 0 Å². The Morgan fingerprint density at radius 3 is 2.00 bits per heavy atom. The molecule has 0 aliphatic heterocycles. The summed E-state index contributed by atoms with van der Waals surface area (Å²) in [6.07, 6.45) is 20.5. The van der Waals surface area contributed by atoms with Gasteiger partial charge in [0.05, 0.1) is 0 Å². The van der Waals surface area contributed by atoms with Gasteiger partial charge in [-0.15, -0.1) is 0 Å². The smallest absolute Gasteiger partial charge is 0.0300 e. The highest BCUT2D eigenvalue weighted by Gasteiger charge is 2.26. The molecule has 0 nitrogen and oxygen atoms in total. The Labute approximate surface area is 148 Å². The standard InChI is InChI=1S/C23H46/c1-7-13-14-16-22(15-8-2)18-20-23(11-5,12-6)19-17-21(9-3)10-4/h9,22H,7-8,10-20H2,1-6H3/b21-9+. The molecule has 1 atom stereocenters. The van der Waals surface area contributed by atoms with Crippen LogP contribution in [0, 0.1) is 11.3 Å². The van der Waals surface area contributed by atoms with E-state index in [2.05, 4.69) is 47.6 Å². The normalized spacial score (nSPS) is 14.3. The summed E-state index contributed by atoms with van der Waals surface area (Å²) in [6.45, 7) is 14.1. The maximum atomic E-state index is 2.43. The van der Waals surface area contributed by atoms with Crippen LogP contribution < -0.4 is 0 Å². The topological polar surface area (TPSA) is 0 Å². The third-order valence-corrected chi connectivity index (χ3v) is 6.33. The Morgan fingerprint density at radius 2 is 1.52 bits per heavy atom. The first kappa shape index (κ1) is 22.7. The summed E-state index contributed by atoms with van der Waals surface area (Å²) in [4.78, 5) is 0. The molecule has 1 unspecified atom stereocenters. The Balaban J connectivity index is 4.56. The number of allylic oxidation sites excluding steroid dienone is 2. The molecular formula is C23H46. The van der Waals surface area contributed by atoms with Gasteiger partial charge in [-0.2, -0.15) is 0 Å². The van der Waals surface area contributed by atoms with Crippen LogP contribution in [-0.4, -0.2) is 0 Å². The quantitative estimate of drug-likeness (QED) is 0.209. The van der Waals surface area contributed by atoms with Gasteiger partial charge in [0.25, 0.3) is 0 Å². The molecule has 138 valence electrons. The van der Waals surface area contributed by atoms with Gasteiger partial charge in [0, 0.05) is 0 Å². The van der Waals surface area contributed by atoms with Crippen molar-refractivity contribution >= 4 is 0 Å². The minimum atomic E-state index is 0.597. The summed E-state index contributed by atoms with van der Waals surface area (Å²) >= 11 is 0. The zero-order valence-electron chi connectivity index (χ0n) is 17.3. The van der Waals surface area contributed by atoms with Gasteiger partial charge >= 0.3 is 0 Å². The van der Waals surface area contributed by atoms with Gasteiger partial charge < -0.3 is 0 Å². The van der Waals surface area contributed by atoms with Crippen molar-refractivity contribution in [2.45, 2.75) is 125 Å². The van der Waals surface area contributed by atoms with Crippen LogP contribution in [0.5, 0.6) is 0 Å². The van der Waals surface area contributed by atoms with Crippen molar-refractivity contribution in [1.29, 1.82) is 0 Å². The Bertz CT molecular complexity index is 282. The minimum absolute atomic E-state index is 0.597. The number of rotatable bonds is 15. The van der Waals surface area contributed by atoms with E-state index < -0.39 is 0 Å². The molecule has 23 heavy (non-hydrogen) atoms. The zero-order chi connectivity index (χ0) is 17.6. The van der Waals surface area contributed by atoms with Crippen LogP contribution in [0.4, 0.5) is 0 Å². The molecule has 0 fully saturated rings. The highest BCUT2D eigenvalue weighted by atomic mass is 14.3. The maximum absolute atomic E-state index is 2.43. The molecule has 0 aliphatic carbocycles. The van der Waals surface area contributed by atoms with Gasteiger partial charge in [0.1, 0.15) is 0 Å². The fourth-order valence-electron chi connectivity index (χ4n) is 4.07. The summed E-state index contributed by atoms with van der Waals surface area (Å²) in [5, 5.41) is 0. The summed E-state index contributed by atoms with van der Waals surface area (Å²) < 4.78 is 0. The highest BCUT2D eigenvalue weighted by Crippen LogP contribution is 2.40. The molecule has 0 heterocycles. The van der Waals surface area contributed by atoms with Crippen LogP contribution >= 0.6 is 0 Å². The maximum Gasteiger partial charge on any atom is -0.0300 e. The summed E-state index contributed by atoms with van der Waals surface area (Å²) in [5.41, 5.74) is 2.25. The largest absolute Gasteiger partial charge is 0.0885 e. The van der Waals surface area contributed by atoms with E-state index >= 15 is 0 Å². The zero-order valence-corrected chi connectivity index (χ0v) is 17.3. The van der Waals surface area contributed by atoms with Crippen molar-refractivity contribution < 1.29 is 0 Å². The highest BCUT2D eigenvalue weighted by molar-refractivity contribution is 5.00. The second-order valence-corrected chi connectivity index (χ2v) is 7.70. The molecule has 0 aliphatic rings. The second kappa shape index (κ2) is 14.1. The second-order valence-electron chi connectivity index (χ2n) is 7.70. The van der Waals surface area contributed by atoms with Crippen LogP contribution in [0.2, 0.25) is 0 Å². The third-order valence-electron chi connectivity index (χ3n) is 6.33. The van der Waals surface area contributed by atoms with E-state index in [4.69, 9.17) is 0 Å². The third kappa shape index (κ3) is 9.58. The van der Waals surface area contributed by atoms with E-state index in [0.717, 1.165) is 5.92 Å². The van der Waals surface area contributed by atoms with Gasteiger partial charge in [-0.3, -0.25) is 0 Å². The Hall–Kier alpha value is -0.260. The van der Waals surface area contributed by atoms with E-state index in [1.54, 1.807) is 5.57 Å². The van der Waals surface area contributed by atoms with Crippen molar-refractivity contribution in [3.8, 4) is 0 Å². The minimum Gasteiger partial charge on any atom is -0.0885 e. The van der Waals surface area contributed by atoms with Crippen LogP contribution in [-0.2, 0) is 0 Å². The molecule has 0 aromatic rings. The fraction of sp³-hybridized carbons (Fsp3) is 0.913. The molecule has 0 amide bonds. The van der Waals surface area contributed by atoms with Crippen LogP contribution in [0.15, 0.2) is 11.6 Å². The van der Waals surface area contributed by atoms with Gasteiger partial charge in [-0.1, -0.05) is 97.6 Å². The Kier molecular flexibility index (Phi) is 14.0. The molecule has 0 aromatic carbocycles. The number of unbranched alkanes of at least 4 members (excludes halogenated alkanes) is 2. The van der Waals surface area contributed by atoms with Gasteiger partial charge in [0.15, 0.2) is 0 Å². The number of hydrogen-bond acceptors (Lipinski definition) is 0. The van der Waals surface area contributed by atoms with Gasteiger partial charge in [-0.25, -0.2) is 0 Å². The van der Waals surface area contributed by atoms with E-state index in [1.165, 1.54) is 83.5 Å². The van der Waals surface area contributed by atoms with Crippen molar-refractivity contribution in [3.05, 3.63) is 11.6 Å². The van der Waals surface area contributed by atoms with Crippen molar-refractivity contribution in [2.24, 2.45) is 11.3 Å². The van der Waals surface area contributed by atoms with E-state index in [9.17, 15) is 0 Å². The van der Waals surface area contributed by atoms with Crippen molar-refractivity contribution in [3.63, 3.8) is 0 Å². The first-order valence-electron chi connectivity index (χ1n) is 10.7. The number of hydrogen-bond donors (Lipinski definition) is 0. The molecule has 0 spiro atoms. The molecule has 0 N–H and O–H groups in total. The fourth-order valence-corrected chi connectivity index (χ4v) is 4.07. The lowest BCUT2D eigenvalue weighted by Crippen LogP contribution is -2.21. The predicted octanol–water partition coefficient (Wildman–Crippen LogP) is 8.71. The lowest BCUT2D eigenvalue weighted by molar-refractivity contribution is 0.191. The molecule has 0 radical (unpaired) electrons. The average Bonchev–Trinajstić information content (AvgIpc) is 2.58. The summed E-state index contributed by atoms with van der Waals surface area (Å²) in [7, 11) is 0. The predicted molar refractivity (Wildman–Crippen MR) is 108 cm³/mol. The van der Waals surface area contributed by atoms with Crippen LogP contribution in [0.1, 0.15) is 125 Å². The average molecular weight is 323 g/mol. The molecule has 0 heteroatoms. The lowest BCUT2D eigenvalue weighted by Gasteiger charge is -2.34. The first-order valence-corrected chi connectivity index (χ1v) is 10.7. The SMILES string of the molecule is C/C=C(\CC)CCC(CC)(CC)CCC(CCC)CCCCC. The summed E-state index contributed by atoms with van der Waals surface area (Å²) in [6, 6.07) is 0. The van der Waals surface area contributed by atoms with Crippen molar-refractivity contribution in [1.82, 2.24) is 0 Å². The van der Waals surface area contributed by atoms with Gasteiger partial charge in [-0.05, 0) is 50.4 Å². The molecule has 0 saturated carbocycles. The Morgan fingerprint density at radius 1 is 0.826 bits per heavy atom. The molecular weight excluding hydrogens is 276 g/mol. The molecule has 0 saturated heterocycles. The van der Waals surface area contributed by atoms with E-state index in [1.807, 2.05) is 0 Å². The monoisotopic (exact) mass is 322 g/mol. The van der Waals surface area contributed by atoms with Gasteiger partial charge in [0.2, 0.25) is 0 Å². The van der Waals surface area contributed by atoms with E-state index in [-0.39, 0.29) is 0 Å². The molecule has 0 aromatic heterocycles. The summed E-state index contributed by atoms with van der Waals surface area (Å²) in [5.74, 6) is 0.983. The molecule has 0 bridgehead atoms.